The minimum atomic E-state index is -4.45. The van der Waals surface area contributed by atoms with Gasteiger partial charge < -0.3 is 10.1 Å². The van der Waals surface area contributed by atoms with Gasteiger partial charge in [0.15, 0.2) is 6.61 Å². The van der Waals surface area contributed by atoms with Crippen molar-refractivity contribution in [2.75, 3.05) is 6.61 Å². The van der Waals surface area contributed by atoms with Crippen molar-refractivity contribution in [1.29, 1.82) is 0 Å². The molecule has 1 unspecified atom stereocenters. The summed E-state index contributed by atoms with van der Waals surface area (Å²) < 4.78 is 69.8. The molecule has 3 aromatic carbocycles. The molecule has 1 atom stereocenters. The zero-order valence-electron chi connectivity index (χ0n) is 17.6. The lowest BCUT2D eigenvalue weighted by molar-refractivity contribution is -0.153. The highest BCUT2D eigenvalue weighted by Crippen LogP contribution is 2.37. The van der Waals surface area contributed by atoms with E-state index in [0.29, 0.717) is 28.8 Å². The maximum Gasteiger partial charge on any atom is 0.422 e. The number of amides is 1. The molecule has 0 aliphatic carbocycles. The number of halogens is 5. The molecular weight excluding hydrogens is 441 g/mol. The molecule has 1 amide bonds. The van der Waals surface area contributed by atoms with Crippen LogP contribution in [0.25, 0.3) is 11.1 Å². The molecule has 0 bridgehead atoms. The van der Waals surface area contributed by atoms with Gasteiger partial charge in [0.2, 0.25) is 5.91 Å². The zero-order chi connectivity index (χ0) is 23.8. The third kappa shape index (κ3) is 4.99. The Bertz CT molecular complexity index is 1190. The monoisotopic (exact) mass is 461 g/mol. The molecule has 3 aromatic rings. The molecule has 0 fully saturated rings. The first kappa shape index (κ1) is 22.8. The minimum absolute atomic E-state index is 0.0679. The van der Waals surface area contributed by atoms with Gasteiger partial charge in [0.1, 0.15) is 17.4 Å². The standard InChI is InChI=1S/C25H20F5NO2/c1-24(12-15-7-19(26)11-20(27)8-15)22-10-17(5-6-18(22)13-31-23(24)32)16-3-2-4-21(9-16)33-14-25(28,29)30/h2-11H,12-14H2,1H3,(H,31,32). The lowest BCUT2D eigenvalue weighted by Crippen LogP contribution is -2.48. The molecule has 172 valence electrons. The van der Waals surface area contributed by atoms with E-state index in [9.17, 15) is 26.7 Å². The number of carbonyl (C=O) groups excluding carboxylic acids is 1. The summed E-state index contributed by atoms with van der Waals surface area (Å²) in [5.74, 6) is -1.67. The van der Waals surface area contributed by atoms with Gasteiger partial charge >= 0.3 is 6.18 Å². The SMILES string of the molecule is CC1(Cc2cc(F)cc(F)c2)C(=O)NCc2ccc(-c3cccc(OCC(F)(F)F)c3)cc21. The average Bonchev–Trinajstić information content (AvgIpc) is 2.74. The van der Waals surface area contributed by atoms with Gasteiger partial charge in [0, 0.05) is 12.6 Å². The molecule has 3 nitrogen and oxygen atoms in total. The summed E-state index contributed by atoms with van der Waals surface area (Å²) in [7, 11) is 0. The van der Waals surface area contributed by atoms with E-state index < -0.39 is 29.8 Å². The van der Waals surface area contributed by atoms with E-state index >= 15 is 0 Å². The van der Waals surface area contributed by atoms with Crippen LogP contribution in [0.1, 0.15) is 23.6 Å². The lowest BCUT2D eigenvalue weighted by Gasteiger charge is -2.35. The van der Waals surface area contributed by atoms with Crippen LogP contribution in [0.15, 0.2) is 60.7 Å². The van der Waals surface area contributed by atoms with Crippen molar-refractivity contribution in [2.45, 2.75) is 31.5 Å². The number of fused-ring (bicyclic) bond motifs is 1. The van der Waals surface area contributed by atoms with E-state index in [0.717, 1.165) is 11.6 Å². The largest absolute Gasteiger partial charge is 0.484 e. The topological polar surface area (TPSA) is 38.3 Å². The van der Waals surface area contributed by atoms with Crippen LogP contribution in [0.3, 0.4) is 0 Å². The van der Waals surface area contributed by atoms with Gasteiger partial charge in [-0.1, -0.05) is 24.3 Å². The Labute approximate surface area is 187 Å². The molecule has 0 saturated heterocycles. The zero-order valence-corrected chi connectivity index (χ0v) is 17.6. The second-order valence-electron chi connectivity index (χ2n) is 8.27. The number of ether oxygens (including phenoxy) is 1. The molecule has 33 heavy (non-hydrogen) atoms. The molecule has 0 spiro atoms. The summed E-state index contributed by atoms with van der Waals surface area (Å²) in [6.45, 7) is 0.606. The number of alkyl halides is 3. The Balaban J connectivity index is 1.70. The van der Waals surface area contributed by atoms with Crippen molar-refractivity contribution in [1.82, 2.24) is 5.32 Å². The number of carbonyl (C=O) groups is 1. The number of nitrogens with one attached hydrogen (secondary N) is 1. The van der Waals surface area contributed by atoms with Crippen molar-refractivity contribution >= 4 is 5.91 Å². The second kappa shape index (κ2) is 8.50. The highest BCUT2D eigenvalue weighted by molar-refractivity contribution is 5.91. The van der Waals surface area contributed by atoms with Crippen LogP contribution in [-0.4, -0.2) is 18.7 Å². The van der Waals surface area contributed by atoms with Gasteiger partial charge in [-0.25, -0.2) is 8.78 Å². The first-order valence-corrected chi connectivity index (χ1v) is 10.2. The highest BCUT2D eigenvalue weighted by atomic mass is 19.4. The van der Waals surface area contributed by atoms with Crippen molar-refractivity contribution in [3.05, 3.63) is 89.0 Å². The van der Waals surface area contributed by atoms with E-state index in [1.807, 2.05) is 6.07 Å². The van der Waals surface area contributed by atoms with Crippen LogP contribution in [0.5, 0.6) is 5.75 Å². The quantitative estimate of drug-likeness (QED) is 0.495. The van der Waals surface area contributed by atoms with Crippen molar-refractivity contribution in [2.24, 2.45) is 0 Å². The van der Waals surface area contributed by atoms with Gasteiger partial charge in [-0.05, 0) is 71.5 Å². The van der Waals surface area contributed by atoms with Crippen LogP contribution in [0.2, 0.25) is 0 Å². The highest BCUT2D eigenvalue weighted by Gasteiger charge is 2.40. The number of hydrogen-bond acceptors (Lipinski definition) is 2. The Hall–Kier alpha value is -3.42. The third-order valence-electron chi connectivity index (χ3n) is 5.69. The Morgan fingerprint density at radius 3 is 2.36 bits per heavy atom. The summed E-state index contributed by atoms with van der Waals surface area (Å²) in [6.07, 6.45) is -4.38. The van der Waals surface area contributed by atoms with Gasteiger partial charge in [0.05, 0.1) is 5.41 Å². The first-order valence-electron chi connectivity index (χ1n) is 10.2. The van der Waals surface area contributed by atoms with Crippen LogP contribution in [0, 0.1) is 11.6 Å². The van der Waals surface area contributed by atoms with E-state index in [2.05, 4.69) is 5.32 Å². The summed E-state index contributed by atoms with van der Waals surface area (Å²) in [6, 6.07) is 14.8. The third-order valence-corrected chi connectivity index (χ3v) is 5.69. The second-order valence-corrected chi connectivity index (χ2v) is 8.27. The van der Waals surface area contributed by atoms with E-state index in [4.69, 9.17) is 4.74 Å². The smallest absolute Gasteiger partial charge is 0.422 e. The molecule has 1 N–H and O–H groups in total. The predicted molar refractivity (Wildman–Crippen MR) is 113 cm³/mol. The summed E-state index contributed by atoms with van der Waals surface area (Å²) >= 11 is 0. The lowest BCUT2D eigenvalue weighted by atomic mass is 9.72. The number of rotatable bonds is 5. The minimum Gasteiger partial charge on any atom is -0.484 e. The van der Waals surface area contributed by atoms with Gasteiger partial charge in [-0.2, -0.15) is 13.2 Å². The molecule has 0 aromatic heterocycles. The fraction of sp³-hybridized carbons (Fsp3) is 0.240. The number of benzene rings is 3. The fourth-order valence-electron chi connectivity index (χ4n) is 4.14. The van der Waals surface area contributed by atoms with Crippen molar-refractivity contribution in [3.8, 4) is 16.9 Å². The van der Waals surface area contributed by atoms with Crippen molar-refractivity contribution < 1.29 is 31.5 Å². The molecule has 4 rings (SSSR count). The van der Waals surface area contributed by atoms with E-state index in [1.54, 1.807) is 31.2 Å². The Morgan fingerprint density at radius 2 is 1.67 bits per heavy atom. The van der Waals surface area contributed by atoms with Crippen LogP contribution < -0.4 is 10.1 Å². The molecule has 1 aliphatic heterocycles. The average molecular weight is 461 g/mol. The van der Waals surface area contributed by atoms with Crippen LogP contribution in [0.4, 0.5) is 22.0 Å². The molecule has 0 radical (unpaired) electrons. The van der Waals surface area contributed by atoms with Crippen LogP contribution in [-0.2, 0) is 23.2 Å². The van der Waals surface area contributed by atoms with Gasteiger partial charge in [0.25, 0.3) is 0 Å². The molecule has 1 aliphatic rings. The Kier molecular flexibility index (Phi) is 5.86. The molecule has 8 heteroatoms. The summed E-state index contributed by atoms with van der Waals surface area (Å²) in [4.78, 5) is 12.9. The predicted octanol–water partition coefficient (Wildman–Crippen LogP) is 5.70. The van der Waals surface area contributed by atoms with E-state index in [1.165, 1.54) is 24.3 Å². The first-order chi connectivity index (χ1) is 15.5. The molecule has 1 heterocycles. The molecule has 0 saturated carbocycles. The maximum atomic E-state index is 13.7. The van der Waals surface area contributed by atoms with Crippen molar-refractivity contribution in [3.63, 3.8) is 0 Å². The Morgan fingerprint density at radius 1 is 0.970 bits per heavy atom. The van der Waals surface area contributed by atoms with Gasteiger partial charge in [-0.15, -0.1) is 0 Å². The maximum absolute atomic E-state index is 13.7. The van der Waals surface area contributed by atoms with Crippen LogP contribution >= 0.6 is 0 Å². The summed E-state index contributed by atoms with van der Waals surface area (Å²) in [5, 5.41) is 2.82. The fourth-order valence-corrected chi connectivity index (χ4v) is 4.14. The number of hydrogen-bond donors (Lipinski definition) is 1. The van der Waals surface area contributed by atoms with E-state index in [-0.39, 0.29) is 18.1 Å². The normalized spacial score (nSPS) is 17.9. The molecular formula is C25H20F5NO2. The summed E-state index contributed by atoms with van der Waals surface area (Å²) in [5.41, 5.74) is 2.07. The van der Waals surface area contributed by atoms with Gasteiger partial charge in [-0.3, -0.25) is 4.79 Å².